The molecule has 32 heavy (non-hydrogen) atoms. The van der Waals surface area contributed by atoms with Gasteiger partial charge in [0.2, 0.25) is 0 Å². The third-order valence-electron chi connectivity index (χ3n) is 6.31. The van der Waals surface area contributed by atoms with Gasteiger partial charge in [-0.05, 0) is 43.2 Å². The minimum Gasteiger partial charge on any atom is -0.369 e. The first kappa shape index (κ1) is 22.0. The van der Waals surface area contributed by atoms with Gasteiger partial charge in [-0.3, -0.25) is 4.79 Å². The van der Waals surface area contributed by atoms with Crippen molar-refractivity contribution >= 4 is 38.8 Å². The van der Waals surface area contributed by atoms with Gasteiger partial charge in [-0.25, -0.2) is 18.2 Å². The van der Waals surface area contributed by atoms with Crippen LogP contribution in [0.3, 0.4) is 0 Å². The Bertz CT molecular complexity index is 1080. The molecule has 5 rings (SSSR count). The lowest BCUT2D eigenvalue weighted by Gasteiger charge is -2.38. The summed E-state index contributed by atoms with van der Waals surface area (Å²) in [6, 6.07) is 13.0. The van der Waals surface area contributed by atoms with E-state index in [1.165, 1.54) is 17.8 Å². The van der Waals surface area contributed by atoms with Crippen molar-refractivity contribution in [1.82, 2.24) is 5.32 Å². The monoisotopic (exact) mass is 524 g/mol. The van der Waals surface area contributed by atoms with Crippen molar-refractivity contribution in [1.29, 1.82) is 0 Å². The van der Waals surface area contributed by atoms with E-state index >= 15 is 13.2 Å². The van der Waals surface area contributed by atoms with Gasteiger partial charge in [-0.1, -0.05) is 45.9 Å². The van der Waals surface area contributed by atoms with Crippen LogP contribution in [0.1, 0.15) is 28.8 Å². The number of amidine groups is 1. The normalized spacial score (nSPS) is 27.6. The van der Waals surface area contributed by atoms with Gasteiger partial charge < -0.3 is 10.1 Å². The molecule has 1 saturated carbocycles. The SMILES string of the molecule is O=C(NC1=N[C@@]2(c3cc(Br)ccc3F)COC(C(F)(F)C3CC3)[C@H]2CS1)c1ccccc1. The number of amides is 1. The van der Waals surface area contributed by atoms with E-state index in [4.69, 9.17) is 4.74 Å². The fraction of sp³-hybridized carbons (Fsp3) is 0.391. The summed E-state index contributed by atoms with van der Waals surface area (Å²) >= 11 is 4.54. The lowest BCUT2D eigenvalue weighted by molar-refractivity contribution is -0.141. The van der Waals surface area contributed by atoms with Crippen LogP contribution in [0.5, 0.6) is 0 Å². The molecular formula is C23H20BrF3N2O2S. The zero-order valence-electron chi connectivity index (χ0n) is 16.9. The minimum absolute atomic E-state index is 0.177. The van der Waals surface area contributed by atoms with Crippen LogP contribution < -0.4 is 5.32 Å². The van der Waals surface area contributed by atoms with Gasteiger partial charge in [0.25, 0.3) is 11.8 Å². The van der Waals surface area contributed by atoms with Crippen molar-refractivity contribution in [3.05, 3.63) is 69.9 Å². The Morgan fingerprint density at radius 3 is 2.69 bits per heavy atom. The molecule has 168 valence electrons. The summed E-state index contributed by atoms with van der Waals surface area (Å²) < 4.78 is 51.6. The van der Waals surface area contributed by atoms with Crippen molar-refractivity contribution < 1.29 is 22.7 Å². The van der Waals surface area contributed by atoms with E-state index in [-0.39, 0.29) is 29.0 Å². The maximum Gasteiger partial charge on any atom is 0.276 e. The lowest BCUT2D eigenvalue weighted by Crippen LogP contribution is -2.49. The highest BCUT2D eigenvalue weighted by Crippen LogP contribution is 2.56. The second-order valence-electron chi connectivity index (χ2n) is 8.38. The van der Waals surface area contributed by atoms with Crippen LogP contribution in [0.2, 0.25) is 0 Å². The van der Waals surface area contributed by atoms with Gasteiger partial charge in [-0.2, -0.15) is 0 Å². The number of hydrogen-bond acceptors (Lipinski definition) is 4. The lowest BCUT2D eigenvalue weighted by atomic mass is 9.77. The van der Waals surface area contributed by atoms with E-state index in [1.54, 1.807) is 42.5 Å². The van der Waals surface area contributed by atoms with Crippen LogP contribution in [0.15, 0.2) is 58.0 Å². The third kappa shape index (κ3) is 3.78. The van der Waals surface area contributed by atoms with E-state index in [0.717, 1.165) is 0 Å². The maximum absolute atomic E-state index is 15.1. The topological polar surface area (TPSA) is 50.7 Å². The highest BCUT2D eigenvalue weighted by atomic mass is 79.9. The molecule has 2 heterocycles. The molecule has 0 aromatic heterocycles. The average molecular weight is 525 g/mol. The fourth-order valence-electron chi connectivity index (χ4n) is 4.48. The predicted molar refractivity (Wildman–Crippen MR) is 120 cm³/mol. The summed E-state index contributed by atoms with van der Waals surface area (Å²) in [5, 5.41) is 3.03. The van der Waals surface area contributed by atoms with Crippen LogP contribution >= 0.6 is 27.7 Å². The number of carbonyl (C=O) groups is 1. The van der Waals surface area contributed by atoms with Gasteiger partial charge in [0, 0.05) is 33.2 Å². The van der Waals surface area contributed by atoms with Gasteiger partial charge in [0.05, 0.1) is 6.61 Å². The summed E-state index contributed by atoms with van der Waals surface area (Å²) in [5.41, 5.74) is -0.708. The fourth-order valence-corrected chi connectivity index (χ4v) is 6.02. The Labute approximate surface area is 196 Å². The number of carbonyl (C=O) groups excluding carboxylic acids is 1. The molecule has 2 aromatic rings. The summed E-state index contributed by atoms with van der Waals surface area (Å²) in [5.74, 6) is -5.11. The molecule has 9 heteroatoms. The molecule has 0 bridgehead atoms. The molecule has 0 spiro atoms. The largest absolute Gasteiger partial charge is 0.369 e. The zero-order valence-corrected chi connectivity index (χ0v) is 19.3. The quantitative estimate of drug-likeness (QED) is 0.584. The molecule has 1 N–H and O–H groups in total. The number of ether oxygens (including phenoxy) is 1. The molecule has 3 aliphatic rings. The predicted octanol–water partition coefficient (Wildman–Crippen LogP) is 5.38. The minimum atomic E-state index is -3.00. The first-order valence-electron chi connectivity index (χ1n) is 10.4. The Hall–Kier alpha value is -1.84. The van der Waals surface area contributed by atoms with E-state index in [0.29, 0.717) is 22.9 Å². The Kier molecular flexibility index (Phi) is 5.62. The van der Waals surface area contributed by atoms with Crippen molar-refractivity contribution in [2.75, 3.05) is 12.4 Å². The smallest absolute Gasteiger partial charge is 0.276 e. The van der Waals surface area contributed by atoms with Gasteiger partial charge in [0.1, 0.15) is 17.5 Å². The molecule has 2 fully saturated rings. The number of rotatable bonds is 4. The number of hydrogen-bond donors (Lipinski definition) is 1. The molecule has 3 atom stereocenters. The highest BCUT2D eigenvalue weighted by Gasteiger charge is 2.65. The number of nitrogens with zero attached hydrogens (tertiary/aromatic N) is 1. The number of fused-ring (bicyclic) bond motifs is 1. The Morgan fingerprint density at radius 2 is 1.97 bits per heavy atom. The summed E-state index contributed by atoms with van der Waals surface area (Å²) in [4.78, 5) is 17.3. The van der Waals surface area contributed by atoms with Crippen LogP contribution in [-0.2, 0) is 10.3 Å². The molecule has 1 aliphatic carbocycles. The zero-order chi connectivity index (χ0) is 22.5. The first-order valence-corrected chi connectivity index (χ1v) is 12.1. The molecular weight excluding hydrogens is 505 g/mol. The van der Waals surface area contributed by atoms with Crippen LogP contribution in [-0.4, -0.2) is 35.5 Å². The Morgan fingerprint density at radius 1 is 1.22 bits per heavy atom. The summed E-state index contributed by atoms with van der Waals surface area (Å²) in [6.45, 7) is -0.177. The van der Waals surface area contributed by atoms with E-state index in [9.17, 15) is 4.79 Å². The molecule has 2 aliphatic heterocycles. The second-order valence-corrected chi connectivity index (χ2v) is 10.3. The van der Waals surface area contributed by atoms with E-state index < -0.39 is 35.2 Å². The number of thioether (sulfide) groups is 1. The van der Waals surface area contributed by atoms with E-state index in [2.05, 4.69) is 26.2 Å². The van der Waals surface area contributed by atoms with Crippen molar-refractivity contribution in [3.63, 3.8) is 0 Å². The van der Waals surface area contributed by atoms with Gasteiger partial charge in [-0.15, -0.1) is 0 Å². The van der Waals surface area contributed by atoms with Crippen LogP contribution in [0.4, 0.5) is 13.2 Å². The van der Waals surface area contributed by atoms with Crippen LogP contribution in [0.25, 0.3) is 0 Å². The summed E-state index contributed by atoms with van der Waals surface area (Å²) in [6.07, 6.45) is -0.421. The maximum atomic E-state index is 15.1. The molecule has 1 saturated heterocycles. The number of benzene rings is 2. The highest BCUT2D eigenvalue weighted by molar-refractivity contribution is 9.10. The van der Waals surface area contributed by atoms with E-state index in [1.807, 2.05) is 0 Å². The Balaban J connectivity index is 1.54. The molecule has 1 amide bonds. The number of aliphatic imine (C=N–C) groups is 1. The number of alkyl halides is 2. The average Bonchev–Trinajstić information content (AvgIpc) is 3.57. The molecule has 2 aromatic carbocycles. The molecule has 0 radical (unpaired) electrons. The standard InChI is InChI=1S/C23H20BrF3N2O2S/c24-15-8-9-18(25)16(10-15)22-12-31-19(23(26,27)14-6-7-14)17(22)11-32-21(29-22)28-20(30)13-4-2-1-3-5-13/h1-5,8-10,14,17,19H,6-7,11-12H2,(H,28,29,30)/t17-,19?,22-/m1/s1. The third-order valence-corrected chi connectivity index (χ3v) is 7.80. The van der Waals surface area contributed by atoms with Gasteiger partial charge in [0.15, 0.2) is 5.17 Å². The summed E-state index contributed by atoms with van der Waals surface area (Å²) in [7, 11) is 0. The molecule has 1 unspecified atom stereocenters. The van der Waals surface area contributed by atoms with Crippen molar-refractivity contribution in [2.24, 2.45) is 16.8 Å². The number of nitrogens with one attached hydrogen (secondary N) is 1. The first-order chi connectivity index (χ1) is 15.3. The number of halogens is 4. The van der Waals surface area contributed by atoms with Crippen molar-refractivity contribution in [2.45, 2.75) is 30.4 Å². The molecule has 4 nitrogen and oxygen atoms in total. The second kappa shape index (κ2) is 8.18. The van der Waals surface area contributed by atoms with Crippen LogP contribution in [0, 0.1) is 17.7 Å². The van der Waals surface area contributed by atoms with Crippen molar-refractivity contribution in [3.8, 4) is 0 Å². The van der Waals surface area contributed by atoms with Gasteiger partial charge >= 0.3 is 0 Å².